The van der Waals surface area contributed by atoms with Crippen molar-refractivity contribution in [3.8, 4) is 22.8 Å². The van der Waals surface area contributed by atoms with E-state index in [1.54, 1.807) is 24.3 Å². The Hall–Kier alpha value is -2.52. The topological polar surface area (TPSA) is 122 Å². The summed E-state index contributed by atoms with van der Waals surface area (Å²) < 4.78 is 83.5. The Kier molecular flexibility index (Phi) is 21.1. The predicted molar refractivity (Wildman–Crippen MR) is 197 cm³/mol. The fourth-order valence-corrected chi connectivity index (χ4v) is 5.86. The van der Waals surface area contributed by atoms with E-state index in [4.69, 9.17) is 51.8 Å². The molecule has 4 aromatic rings. The smallest absolute Gasteiger partial charge is 0.381 e. The van der Waals surface area contributed by atoms with Crippen LogP contribution in [0.3, 0.4) is 0 Å². The summed E-state index contributed by atoms with van der Waals surface area (Å²) in [6.45, 7) is 1.17. The number of benzene rings is 2. The zero-order chi connectivity index (χ0) is 38.6. The summed E-state index contributed by atoms with van der Waals surface area (Å²) in [4.78, 5) is 30.2. The van der Waals surface area contributed by atoms with Crippen LogP contribution in [0.1, 0.15) is 25.7 Å². The summed E-state index contributed by atoms with van der Waals surface area (Å²) in [5.74, 6) is -0.0537. The van der Waals surface area contributed by atoms with E-state index in [0.29, 0.717) is 19.1 Å². The molecule has 1 aliphatic rings. The van der Waals surface area contributed by atoms with Crippen molar-refractivity contribution in [3.05, 3.63) is 62.5 Å². The maximum absolute atomic E-state index is 12.0. The minimum atomic E-state index is -4.27. The molecule has 5 rings (SSSR count). The van der Waals surface area contributed by atoms with E-state index in [2.05, 4.69) is 24.0 Å². The minimum Gasteiger partial charge on any atom is -0.381 e. The standard InChI is InChI=1S/C13H11ClF3N3OS2.C8H5ClN2S2.C5H7ClF3NO.C4H8O/c14-9-3-1-8(2-4-9)11-19-12(23-20-11)22-7-10(21)18-6-5-13(15,16)17;9-6-3-1-5(2-4-6)7-10-8(12)13-11-7;6-3-4(11)10-2-1-5(7,8)9;1-2-4-5-3-1/h1-4H,5-7H2,(H,18,21);1-4H,(H,10,11,12);1-3H2,(H,10,11);1-4H2. The molecule has 3 heterocycles. The van der Waals surface area contributed by atoms with E-state index < -0.39 is 50.1 Å². The lowest BCUT2D eigenvalue weighted by atomic mass is 10.2. The third-order valence-electron chi connectivity index (χ3n) is 5.80. The van der Waals surface area contributed by atoms with Gasteiger partial charge in [0.2, 0.25) is 11.8 Å². The number of nitrogens with one attached hydrogen (secondary N) is 3. The van der Waals surface area contributed by atoms with Gasteiger partial charge in [-0.05, 0) is 96.7 Å². The molecule has 22 heteroatoms. The summed E-state index contributed by atoms with van der Waals surface area (Å²) in [7, 11) is 0. The van der Waals surface area contributed by atoms with Crippen LogP contribution in [0.25, 0.3) is 22.8 Å². The third-order valence-corrected chi connectivity index (χ3v) is 9.29. The Bertz CT molecular complexity index is 1680. The summed E-state index contributed by atoms with van der Waals surface area (Å²) in [6, 6.07) is 14.5. The van der Waals surface area contributed by atoms with Crippen molar-refractivity contribution in [2.75, 3.05) is 37.9 Å². The number of alkyl halides is 7. The zero-order valence-corrected chi connectivity index (χ0v) is 32.3. The highest BCUT2D eigenvalue weighted by atomic mass is 35.5. The van der Waals surface area contributed by atoms with Gasteiger partial charge in [-0.3, -0.25) is 14.0 Å². The monoisotopic (exact) mass is 870 g/mol. The number of hydrogen-bond donors (Lipinski definition) is 3. The predicted octanol–water partition coefficient (Wildman–Crippen LogP) is 9.63. The van der Waals surface area contributed by atoms with Gasteiger partial charge in [-0.25, -0.2) is 9.97 Å². The number of H-pyrrole nitrogens is 1. The van der Waals surface area contributed by atoms with Crippen LogP contribution >= 0.6 is 81.8 Å². The van der Waals surface area contributed by atoms with Crippen molar-refractivity contribution in [2.24, 2.45) is 0 Å². The van der Waals surface area contributed by atoms with Crippen molar-refractivity contribution < 1.29 is 40.7 Å². The van der Waals surface area contributed by atoms with Gasteiger partial charge < -0.3 is 15.4 Å². The Labute approximate surface area is 327 Å². The normalized spacial score (nSPS) is 12.3. The van der Waals surface area contributed by atoms with Crippen LogP contribution in [0.15, 0.2) is 52.9 Å². The van der Waals surface area contributed by atoms with Crippen LogP contribution < -0.4 is 10.6 Å². The first-order valence-electron chi connectivity index (χ1n) is 14.9. The van der Waals surface area contributed by atoms with Gasteiger partial charge in [0, 0.05) is 47.5 Å². The minimum absolute atomic E-state index is 0.00684. The SMILES string of the molecule is C1CCOC1.O=C(CCl)NCCC(F)(F)F.O=C(CSc1nc(-c2ccc(Cl)cc2)ns1)NCCC(F)(F)F.S=c1nc(-c2ccc(Cl)cc2)[nH]s1. The van der Waals surface area contributed by atoms with Gasteiger partial charge in [0.05, 0.1) is 18.6 Å². The number of carbonyl (C=O) groups is 2. The van der Waals surface area contributed by atoms with Gasteiger partial charge in [-0.1, -0.05) is 35.0 Å². The number of halogens is 9. The van der Waals surface area contributed by atoms with E-state index in [1.165, 1.54) is 24.4 Å². The lowest BCUT2D eigenvalue weighted by molar-refractivity contribution is -0.136. The largest absolute Gasteiger partial charge is 0.390 e. The zero-order valence-electron chi connectivity index (χ0n) is 26.8. The van der Waals surface area contributed by atoms with Crippen LogP contribution in [0.5, 0.6) is 0 Å². The van der Waals surface area contributed by atoms with Crippen LogP contribution in [-0.2, 0) is 14.3 Å². The van der Waals surface area contributed by atoms with Crippen molar-refractivity contribution >= 4 is 93.7 Å². The van der Waals surface area contributed by atoms with E-state index in [1.807, 2.05) is 29.6 Å². The molecule has 2 aromatic heterocycles. The van der Waals surface area contributed by atoms with E-state index >= 15 is 0 Å². The van der Waals surface area contributed by atoms with Crippen molar-refractivity contribution in [1.29, 1.82) is 0 Å². The molecule has 1 saturated heterocycles. The van der Waals surface area contributed by atoms with E-state index in [9.17, 15) is 35.9 Å². The first kappa shape index (κ1) is 45.6. The number of nitrogens with zero attached hydrogens (tertiary/aromatic N) is 3. The maximum atomic E-state index is 12.0. The number of rotatable bonds is 10. The third kappa shape index (κ3) is 21.2. The van der Waals surface area contributed by atoms with Gasteiger partial charge in [0.25, 0.3) is 0 Å². The number of carbonyl (C=O) groups excluding carboxylic acids is 2. The summed E-state index contributed by atoms with van der Waals surface area (Å²) in [5.41, 5.74) is 1.80. The van der Waals surface area contributed by atoms with Gasteiger partial charge >= 0.3 is 12.4 Å². The molecule has 3 N–H and O–H groups in total. The van der Waals surface area contributed by atoms with E-state index in [-0.39, 0.29) is 11.6 Å². The molecule has 2 amide bonds. The summed E-state index contributed by atoms with van der Waals surface area (Å²) in [5, 5.41) is 5.54. The molecule has 2 aromatic carbocycles. The van der Waals surface area contributed by atoms with Crippen molar-refractivity contribution in [1.82, 2.24) is 29.3 Å². The summed E-state index contributed by atoms with van der Waals surface area (Å²) >= 11 is 25.1. The second-order valence-electron chi connectivity index (χ2n) is 10.0. The highest BCUT2D eigenvalue weighted by Gasteiger charge is 2.27. The van der Waals surface area contributed by atoms with Crippen molar-refractivity contribution in [3.63, 3.8) is 0 Å². The number of aromatic nitrogens is 4. The molecular weight excluding hydrogens is 841 g/mol. The van der Waals surface area contributed by atoms with Crippen LogP contribution in [0, 0.1) is 3.95 Å². The number of hydrogen-bond acceptors (Lipinski definition) is 10. The molecular formula is C30H31Cl3F6N6O3S4. The first-order chi connectivity index (χ1) is 24.5. The van der Waals surface area contributed by atoms with E-state index in [0.717, 1.165) is 58.5 Å². The lowest BCUT2D eigenvalue weighted by Crippen LogP contribution is -2.29. The molecule has 0 saturated carbocycles. The second kappa shape index (κ2) is 24.0. The molecule has 1 fully saturated rings. The molecule has 0 bridgehead atoms. The first-order valence-corrected chi connectivity index (χ1v) is 19.2. The maximum Gasteiger partial charge on any atom is 0.390 e. The van der Waals surface area contributed by atoms with Gasteiger partial charge in [-0.15, -0.1) is 11.6 Å². The van der Waals surface area contributed by atoms with Crippen molar-refractivity contribution in [2.45, 2.75) is 42.4 Å². The number of ether oxygens (including phenoxy) is 1. The highest BCUT2D eigenvalue weighted by Crippen LogP contribution is 2.26. The second-order valence-corrected chi connectivity index (χ2v) is 14.6. The molecule has 1 aliphatic heterocycles. The molecule has 286 valence electrons. The molecule has 9 nitrogen and oxygen atoms in total. The highest BCUT2D eigenvalue weighted by molar-refractivity contribution is 8.01. The Morgan fingerprint density at radius 3 is 1.81 bits per heavy atom. The fourth-order valence-electron chi connectivity index (χ4n) is 3.37. The molecule has 0 atom stereocenters. The molecule has 0 spiro atoms. The Balaban J connectivity index is 0.000000272. The number of thioether (sulfide) groups is 1. The molecule has 0 aliphatic carbocycles. The number of amides is 2. The van der Waals surface area contributed by atoms with Gasteiger partial charge in [0.1, 0.15) is 11.7 Å². The van der Waals surface area contributed by atoms with Gasteiger partial charge in [-0.2, -0.15) is 30.7 Å². The average molecular weight is 872 g/mol. The van der Waals surface area contributed by atoms with Crippen LogP contribution in [0.4, 0.5) is 26.3 Å². The number of aromatic amines is 1. The Morgan fingerprint density at radius 1 is 0.846 bits per heavy atom. The van der Waals surface area contributed by atoms with Crippen LogP contribution in [0.2, 0.25) is 10.0 Å². The van der Waals surface area contributed by atoms with Gasteiger partial charge in [0.15, 0.2) is 14.1 Å². The molecule has 52 heavy (non-hydrogen) atoms. The molecule has 0 unspecified atom stereocenters. The quantitative estimate of drug-likeness (QED) is 0.0624. The lowest BCUT2D eigenvalue weighted by Gasteiger charge is -2.06. The average Bonchev–Trinajstić information content (AvgIpc) is 3.89. The summed E-state index contributed by atoms with van der Waals surface area (Å²) in [6.07, 6.45) is -7.99. The van der Waals surface area contributed by atoms with Crippen LogP contribution in [-0.4, -0.2) is 80.8 Å². The Morgan fingerprint density at radius 2 is 1.37 bits per heavy atom. The fraction of sp³-hybridized carbons (Fsp3) is 0.400. The molecule has 0 radical (unpaired) electrons.